The Morgan fingerprint density at radius 2 is 1.57 bits per heavy atom. The number of ketones is 1. The lowest BCUT2D eigenvalue weighted by Gasteiger charge is -2.39. The molecule has 28 heavy (non-hydrogen) atoms. The van der Waals surface area contributed by atoms with E-state index in [-0.39, 0.29) is 21.1 Å². The van der Waals surface area contributed by atoms with Gasteiger partial charge in [-0.25, -0.2) is 8.42 Å². The number of carbonyl (C=O) groups excluding carboxylic acids is 1. The number of rotatable bonds is 6. The summed E-state index contributed by atoms with van der Waals surface area (Å²) in [5.74, 6) is -0.523. The maximum absolute atomic E-state index is 13.6. The number of fused-ring (bicyclic) bond motifs is 1. The summed E-state index contributed by atoms with van der Waals surface area (Å²) >= 11 is 6.12. The lowest BCUT2D eigenvalue weighted by atomic mass is 9.92. The first kappa shape index (κ1) is 20.9. The Labute approximate surface area is 167 Å². The third-order valence-corrected chi connectivity index (χ3v) is 8.61. The summed E-state index contributed by atoms with van der Waals surface area (Å²) in [5, 5.41) is -2.34. The summed E-state index contributed by atoms with van der Waals surface area (Å²) < 4.78 is 52.4. The largest absolute Gasteiger partial charge is 0.359 e. The molecule has 0 radical (unpaired) electrons. The molecular formula is C18H17ClNO6PS. The number of Topliss-reactive ketones (excluding diaryl/α,β-unsaturated/α-hetero) is 1. The number of nitrogens with one attached hydrogen (secondary N) is 1. The average Bonchev–Trinajstić information content (AvgIpc) is 2.71. The van der Waals surface area contributed by atoms with E-state index in [1.54, 1.807) is 30.3 Å². The van der Waals surface area contributed by atoms with Gasteiger partial charge in [-0.1, -0.05) is 54.1 Å². The summed E-state index contributed by atoms with van der Waals surface area (Å²) in [6.45, 7) is 0. The van der Waals surface area contributed by atoms with E-state index >= 15 is 0 Å². The highest BCUT2D eigenvalue weighted by molar-refractivity contribution is 7.90. The van der Waals surface area contributed by atoms with Gasteiger partial charge in [0.25, 0.3) is 0 Å². The molecule has 0 saturated heterocycles. The molecule has 0 bridgehead atoms. The van der Waals surface area contributed by atoms with Crippen LogP contribution in [0.2, 0.25) is 0 Å². The Bertz CT molecular complexity index is 1090. The van der Waals surface area contributed by atoms with Crippen molar-refractivity contribution in [2.45, 2.75) is 10.2 Å². The molecule has 2 aromatic carbocycles. The van der Waals surface area contributed by atoms with E-state index in [1.807, 2.05) is 0 Å². The first-order valence-corrected chi connectivity index (χ1v) is 11.4. The molecule has 0 amide bonds. The molecule has 0 unspecified atom stereocenters. The second-order valence-electron chi connectivity index (χ2n) is 5.91. The lowest BCUT2D eigenvalue weighted by Crippen LogP contribution is -2.47. The topological polar surface area (TPSA) is 98.8 Å². The van der Waals surface area contributed by atoms with Crippen molar-refractivity contribution in [2.75, 3.05) is 14.2 Å². The van der Waals surface area contributed by atoms with Crippen LogP contribution in [0, 0.1) is 0 Å². The van der Waals surface area contributed by atoms with Crippen LogP contribution in [-0.2, 0) is 28.9 Å². The van der Waals surface area contributed by atoms with Gasteiger partial charge in [-0.2, -0.15) is 4.72 Å². The molecular weight excluding hydrogens is 425 g/mol. The summed E-state index contributed by atoms with van der Waals surface area (Å²) in [5.41, 5.74) is 0.219. The quantitative estimate of drug-likeness (QED) is 0.687. The first-order chi connectivity index (χ1) is 13.2. The molecule has 0 fully saturated rings. The van der Waals surface area contributed by atoms with Gasteiger partial charge < -0.3 is 9.05 Å². The molecule has 0 saturated carbocycles. The van der Waals surface area contributed by atoms with Crippen molar-refractivity contribution in [1.29, 1.82) is 0 Å². The Morgan fingerprint density at radius 1 is 1.00 bits per heavy atom. The van der Waals surface area contributed by atoms with Gasteiger partial charge in [0, 0.05) is 25.3 Å². The Kier molecular flexibility index (Phi) is 5.64. The van der Waals surface area contributed by atoms with Crippen LogP contribution in [-0.4, -0.2) is 28.4 Å². The molecule has 10 heteroatoms. The van der Waals surface area contributed by atoms with Gasteiger partial charge in [-0.05, 0) is 18.2 Å². The number of hydrogen-bond acceptors (Lipinski definition) is 6. The number of carbonyl (C=O) groups is 1. The predicted octanol–water partition coefficient (Wildman–Crippen LogP) is 3.62. The number of benzene rings is 2. The van der Waals surface area contributed by atoms with E-state index in [4.69, 9.17) is 20.6 Å². The Balaban J connectivity index is 2.33. The standard InChI is InChI=1S/C18H17ClNO6PS/c1-25-27(22,26-2)18(20-28(23,24)13-8-4-3-5-9-13)12-16(19)17(21)14-10-6-7-11-15(14)18/h3-12,20H,1-2H3/t18-/m0/s1. The molecule has 1 N–H and O–H groups in total. The summed E-state index contributed by atoms with van der Waals surface area (Å²) in [6, 6.07) is 13.6. The van der Waals surface area contributed by atoms with Crippen LogP contribution in [0.1, 0.15) is 15.9 Å². The van der Waals surface area contributed by atoms with E-state index < -0.39 is 28.7 Å². The molecule has 0 aliphatic heterocycles. The number of sulfonamides is 1. The van der Waals surface area contributed by atoms with Gasteiger partial charge in [-0.3, -0.25) is 9.36 Å². The molecule has 7 nitrogen and oxygen atoms in total. The fourth-order valence-electron chi connectivity index (χ4n) is 3.06. The summed E-state index contributed by atoms with van der Waals surface area (Å²) in [4.78, 5) is 12.4. The van der Waals surface area contributed by atoms with E-state index in [2.05, 4.69) is 4.72 Å². The molecule has 1 aliphatic rings. The van der Waals surface area contributed by atoms with Gasteiger partial charge in [-0.15, -0.1) is 0 Å². The minimum atomic E-state index is -4.20. The molecule has 0 heterocycles. The van der Waals surface area contributed by atoms with Crippen LogP contribution in [0.25, 0.3) is 0 Å². The second-order valence-corrected chi connectivity index (χ2v) is 10.4. The minimum Gasteiger partial charge on any atom is -0.310 e. The van der Waals surface area contributed by atoms with Gasteiger partial charge >= 0.3 is 7.60 Å². The maximum Gasteiger partial charge on any atom is 0.359 e. The molecule has 0 aromatic heterocycles. The molecule has 2 aromatic rings. The number of halogens is 1. The zero-order valence-corrected chi connectivity index (χ0v) is 17.4. The van der Waals surface area contributed by atoms with E-state index in [9.17, 15) is 17.8 Å². The first-order valence-electron chi connectivity index (χ1n) is 8.04. The molecule has 148 valence electrons. The smallest absolute Gasteiger partial charge is 0.310 e. The van der Waals surface area contributed by atoms with Crippen molar-refractivity contribution in [1.82, 2.24) is 4.72 Å². The van der Waals surface area contributed by atoms with Gasteiger partial charge in [0.05, 0.1) is 9.93 Å². The minimum absolute atomic E-state index is 0.0629. The summed E-state index contributed by atoms with van der Waals surface area (Å²) in [7, 11) is -6.15. The number of hydrogen-bond donors (Lipinski definition) is 1. The highest BCUT2D eigenvalue weighted by atomic mass is 35.5. The van der Waals surface area contributed by atoms with E-state index in [0.29, 0.717) is 0 Å². The van der Waals surface area contributed by atoms with Gasteiger partial charge in [0.1, 0.15) is 0 Å². The zero-order chi connectivity index (χ0) is 20.6. The van der Waals surface area contributed by atoms with Crippen molar-refractivity contribution in [3.8, 4) is 0 Å². The van der Waals surface area contributed by atoms with Crippen molar-refractivity contribution in [3.05, 3.63) is 76.8 Å². The number of allylic oxidation sites excluding steroid dienone is 1. The monoisotopic (exact) mass is 441 g/mol. The highest BCUT2D eigenvalue weighted by Gasteiger charge is 2.56. The molecule has 1 aliphatic carbocycles. The second kappa shape index (κ2) is 7.55. The van der Waals surface area contributed by atoms with Crippen LogP contribution in [0.15, 0.2) is 70.6 Å². The Hall–Kier alpha value is -1.80. The third kappa shape index (κ3) is 3.26. The zero-order valence-electron chi connectivity index (χ0n) is 15.0. The van der Waals surface area contributed by atoms with Crippen molar-refractivity contribution in [3.63, 3.8) is 0 Å². The molecule has 0 spiro atoms. The van der Waals surface area contributed by atoms with E-state index in [1.165, 1.54) is 24.3 Å². The molecule has 3 rings (SSSR count). The van der Waals surface area contributed by atoms with Crippen molar-refractivity contribution >= 4 is 35.0 Å². The SMILES string of the molecule is COP(=O)(OC)[C@@]1(NS(=O)(=O)c2ccccc2)C=C(Cl)C(=O)c2ccccc21. The lowest BCUT2D eigenvalue weighted by molar-refractivity contribution is 0.103. The normalized spacial score (nSPS) is 19.8. The third-order valence-electron chi connectivity index (χ3n) is 4.39. The van der Waals surface area contributed by atoms with Crippen LogP contribution in [0.5, 0.6) is 0 Å². The fourth-order valence-corrected chi connectivity index (χ4v) is 6.93. The van der Waals surface area contributed by atoms with Crippen LogP contribution >= 0.6 is 19.2 Å². The van der Waals surface area contributed by atoms with Gasteiger partial charge in [0.15, 0.2) is 5.28 Å². The fraction of sp³-hybridized carbons (Fsp3) is 0.167. The van der Waals surface area contributed by atoms with Gasteiger partial charge in [0.2, 0.25) is 15.8 Å². The highest BCUT2D eigenvalue weighted by Crippen LogP contribution is 2.65. The van der Waals surface area contributed by atoms with Crippen LogP contribution in [0.4, 0.5) is 0 Å². The van der Waals surface area contributed by atoms with Crippen LogP contribution in [0.3, 0.4) is 0 Å². The maximum atomic E-state index is 13.6. The van der Waals surface area contributed by atoms with Crippen LogP contribution < -0.4 is 4.72 Å². The molecule has 1 atom stereocenters. The van der Waals surface area contributed by atoms with E-state index in [0.717, 1.165) is 20.3 Å². The summed E-state index contributed by atoms with van der Waals surface area (Å²) in [6.07, 6.45) is 1.08. The predicted molar refractivity (Wildman–Crippen MR) is 105 cm³/mol. The van der Waals surface area contributed by atoms with Crippen molar-refractivity contribution < 1.29 is 26.8 Å². The van der Waals surface area contributed by atoms with Crippen molar-refractivity contribution in [2.24, 2.45) is 0 Å². The Morgan fingerprint density at radius 3 is 2.18 bits per heavy atom. The average molecular weight is 442 g/mol.